The molecule has 44 heavy (non-hydrogen) atoms. The fourth-order valence-corrected chi connectivity index (χ4v) is 4.09. The van der Waals surface area contributed by atoms with Crippen LogP contribution in [0.25, 0.3) is 0 Å². The van der Waals surface area contributed by atoms with E-state index in [0.717, 1.165) is 11.1 Å². The van der Waals surface area contributed by atoms with Crippen molar-refractivity contribution in [3.05, 3.63) is 155 Å². The molecule has 0 aromatic heterocycles. The molecule has 0 spiro atoms. The Balaban J connectivity index is 1.23. The fourth-order valence-electron chi connectivity index (χ4n) is 4.09. The molecule has 0 aliphatic heterocycles. The first-order chi connectivity index (χ1) is 21.5. The average Bonchev–Trinajstić information content (AvgIpc) is 3.07. The standard InChI is InChI=1S/C36H26O8/c37-22-34(38)29-19-32(43-35(39)27-11-15-30(16-12-27)41-23-25-7-3-1-4-8-25)21-33(20-29)44-36(40)28-13-17-31(18-14-28)42-24-26-9-5-2-6-10-26/h1-22H,23-24H2. The van der Waals surface area contributed by atoms with Gasteiger partial charge in [0.25, 0.3) is 0 Å². The van der Waals surface area contributed by atoms with E-state index in [0.29, 0.717) is 24.7 Å². The molecule has 0 bridgehead atoms. The molecule has 0 N–H and O–H groups in total. The summed E-state index contributed by atoms with van der Waals surface area (Å²) in [5.74, 6) is -1.36. The monoisotopic (exact) mass is 586 g/mol. The van der Waals surface area contributed by atoms with Crippen molar-refractivity contribution < 1.29 is 38.1 Å². The third-order valence-corrected chi connectivity index (χ3v) is 6.37. The predicted molar refractivity (Wildman–Crippen MR) is 161 cm³/mol. The van der Waals surface area contributed by atoms with Crippen LogP contribution in [-0.2, 0) is 18.0 Å². The van der Waals surface area contributed by atoms with E-state index in [2.05, 4.69) is 0 Å². The van der Waals surface area contributed by atoms with Crippen LogP contribution in [0.5, 0.6) is 23.0 Å². The van der Waals surface area contributed by atoms with E-state index >= 15 is 0 Å². The summed E-state index contributed by atoms with van der Waals surface area (Å²) in [4.78, 5) is 49.0. The maximum atomic E-state index is 12.8. The second kappa shape index (κ2) is 14.2. The average molecular weight is 587 g/mol. The zero-order valence-electron chi connectivity index (χ0n) is 23.4. The number of esters is 2. The third-order valence-electron chi connectivity index (χ3n) is 6.37. The van der Waals surface area contributed by atoms with Gasteiger partial charge in [-0.05, 0) is 71.8 Å². The van der Waals surface area contributed by atoms with Gasteiger partial charge in [-0.1, -0.05) is 60.7 Å². The number of hydrogen-bond acceptors (Lipinski definition) is 8. The molecule has 5 rings (SSSR count). The van der Waals surface area contributed by atoms with Gasteiger partial charge in [0.05, 0.1) is 11.1 Å². The van der Waals surface area contributed by atoms with Gasteiger partial charge in [0, 0.05) is 11.6 Å². The molecular formula is C36H26O8. The van der Waals surface area contributed by atoms with Crippen molar-refractivity contribution in [1.29, 1.82) is 0 Å². The minimum absolute atomic E-state index is 0.0837. The summed E-state index contributed by atoms with van der Waals surface area (Å²) in [6.45, 7) is 0.742. The maximum absolute atomic E-state index is 12.8. The molecule has 8 heteroatoms. The number of aldehydes is 1. The zero-order valence-corrected chi connectivity index (χ0v) is 23.4. The fraction of sp³-hybridized carbons (Fsp3) is 0.0556. The van der Waals surface area contributed by atoms with Crippen molar-refractivity contribution in [2.24, 2.45) is 0 Å². The highest BCUT2D eigenvalue weighted by Gasteiger charge is 2.16. The summed E-state index contributed by atoms with van der Waals surface area (Å²) in [6.07, 6.45) is 0.120. The largest absolute Gasteiger partial charge is 0.489 e. The van der Waals surface area contributed by atoms with Gasteiger partial charge in [0.15, 0.2) is 6.29 Å². The Labute approximate surface area is 253 Å². The van der Waals surface area contributed by atoms with E-state index in [9.17, 15) is 19.2 Å². The number of ketones is 1. The van der Waals surface area contributed by atoms with Crippen molar-refractivity contribution in [3.63, 3.8) is 0 Å². The number of carbonyl (C=O) groups excluding carboxylic acids is 4. The zero-order chi connectivity index (χ0) is 30.7. The number of hydrogen-bond donors (Lipinski definition) is 0. The summed E-state index contributed by atoms with van der Waals surface area (Å²) < 4.78 is 22.4. The van der Waals surface area contributed by atoms with Gasteiger partial charge in [0.2, 0.25) is 5.78 Å². The second-order valence-corrected chi connectivity index (χ2v) is 9.55. The molecule has 5 aromatic rings. The summed E-state index contributed by atoms with van der Waals surface area (Å²) in [5.41, 5.74) is 2.33. The topological polar surface area (TPSA) is 105 Å². The van der Waals surface area contributed by atoms with Crippen LogP contribution in [0.4, 0.5) is 0 Å². The number of rotatable bonds is 12. The van der Waals surface area contributed by atoms with Crippen LogP contribution < -0.4 is 18.9 Å². The van der Waals surface area contributed by atoms with E-state index in [-0.39, 0.29) is 34.5 Å². The van der Waals surface area contributed by atoms with Crippen LogP contribution in [-0.4, -0.2) is 24.0 Å². The predicted octanol–water partition coefficient (Wildman–Crippen LogP) is 6.66. The summed E-state index contributed by atoms with van der Waals surface area (Å²) in [6, 6.07) is 35.7. The molecule has 218 valence electrons. The molecule has 0 saturated heterocycles. The van der Waals surface area contributed by atoms with Crippen LogP contribution in [0.1, 0.15) is 42.2 Å². The molecule has 5 aromatic carbocycles. The van der Waals surface area contributed by atoms with Gasteiger partial charge < -0.3 is 18.9 Å². The molecular weight excluding hydrogens is 560 g/mol. The third kappa shape index (κ3) is 8.04. The highest BCUT2D eigenvalue weighted by Crippen LogP contribution is 2.26. The van der Waals surface area contributed by atoms with E-state index in [4.69, 9.17) is 18.9 Å². The van der Waals surface area contributed by atoms with Gasteiger partial charge in [0.1, 0.15) is 36.2 Å². The van der Waals surface area contributed by atoms with Crippen LogP contribution in [0.15, 0.2) is 127 Å². The SMILES string of the molecule is O=CC(=O)c1cc(OC(=O)c2ccc(OCc3ccccc3)cc2)cc(OC(=O)c2ccc(OCc3ccccc3)cc2)c1. The first-order valence-corrected chi connectivity index (χ1v) is 13.6. The molecule has 0 heterocycles. The molecule has 0 radical (unpaired) electrons. The molecule has 0 amide bonds. The lowest BCUT2D eigenvalue weighted by Crippen LogP contribution is -2.12. The van der Waals surface area contributed by atoms with Gasteiger partial charge in [-0.15, -0.1) is 0 Å². The van der Waals surface area contributed by atoms with E-state index in [1.165, 1.54) is 42.5 Å². The first kappa shape index (κ1) is 29.5. The van der Waals surface area contributed by atoms with Crippen LogP contribution in [0, 0.1) is 0 Å². The molecule has 0 unspecified atom stereocenters. The maximum Gasteiger partial charge on any atom is 0.343 e. The van der Waals surface area contributed by atoms with E-state index in [1.54, 1.807) is 24.3 Å². The minimum atomic E-state index is -0.875. The highest BCUT2D eigenvalue weighted by atomic mass is 16.5. The summed E-state index contributed by atoms with van der Waals surface area (Å²) in [5, 5.41) is 0. The van der Waals surface area contributed by atoms with Crippen molar-refractivity contribution >= 4 is 24.0 Å². The number of carbonyl (C=O) groups is 4. The first-order valence-electron chi connectivity index (χ1n) is 13.6. The Morgan fingerprint density at radius 3 is 1.27 bits per heavy atom. The molecule has 0 aliphatic rings. The Morgan fingerprint density at radius 2 is 0.886 bits per heavy atom. The Bertz CT molecular complexity index is 1630. The van der Waals surface area contributed by atoms with Gasteiger partial charge in [-0.2, -0.15) is 0 Å². The van der Waals surface area contributed by atoms with Gasteiger partial charge >= 0.3 is 11.9 Å². The van der Waals surface area contributed by atoms with E-state index < -0.39 is 17.7 Å². The minimum Gasteiger partial charge on any atom is -0.489 e. The van der Waals surface area contributed by atoms with Crippen molar-refractivity contribution in [2.45, 2.75) is 13.2 Å². The number of ether oxygens (including phenoxy) is 4. The molecule has 0 aliphatic carbocycles. The van der Waals surface area contributed by atoms with Gasteiger partial charge in [-0.25, -0.2) is 9.59 Å². The highest BCUT2D eigenvalue weighted by molar-refractivity contribution is 6.33. The molecule has 8 nitrogen and oxygen atoms in total. The summed E-state index contributed by atoms with van der Waals surface area (Å²) in [7, 11) is 0. The van der Waals surface area contributed by atoms with Crippen LogP contribution in [0.3, 0.4) is 0 Å². The van der Waals surface area contributed by atoms with Crippen LogP contribution >= 0.6 is 0 Å². The number of Topliss-reactive ketones (excluding diaryl/α,β-unsaturated/α-hetero) is 1. The number of benzene rings is 5. The normalized spacial score (nSPS) is 10.4. The second-order valence-electron chi connectivity index (χ2n) is 9.55. The molecule has 0 fully saturated rings. The Morgan fingerprint density at radius 1 is 0.477 bits per heavy atom. The Hall–Kier alpha value is -6.02. The van der Waals surface area contributed by atoms with Crippen molar-refractivity contribution in [2.75, 3.05) is 0 Å². The van der Waals surface area contributed by atoms with Crippen molar-refractivity contribution in [3.8, 4) is 23.0 Å². The van der Waals surface area contributed by atoms with Gasteiger partial charge in [-0.3, -0.25) is 9.59 Å². The smallest absolute Gasteiger partial charge is 0.343 e. The lowest BCUT2D eigenvalue weighted by molar-refractivity contribution is -0.104. The lowest BCUT2D eigenvalue weighted by atomic mass is 10.1. The van der Waals surface area contributed by atoms with E-state index in [1.807, 2.05) is 60.7 Å². The van der Waals surface area contributed by atoms with Crippen molar-refractivity contribution in [1.82, 2.24) is 0 Å². The van der Waals surface area contributed by atoms with Crippen LogP contribution in [0.2, 0.25) is 0 Å². The molecule has 0 saturated carbocycles. The Kier molecular flexibility index (Phi) is 9.54. The lowest BCUT2D eigenvalue weighted by Gasteiger charge is -2.11. The summed E-state index contributed by atoms with van der Waals surface area (Å²) >= 11 is 0. The molecule has 0 atom stereocenters. The quantitative estimate of drug-likeness (QED) is 0.0525.